The number of hydrogen-bond donors (Lipinski definition) is 1. The molecular weight excluding hydrogens is 396 g/mol. The molecule has 8 heteroatoms. The largest absolute Gasteiger partial charge is 0.497 e. The molecule has 1 aliphatic heterocycles. The highest BCUT2D eigenvalue weighted by Crippen LogP contribution is 2.38. The van der Waals surface area contributed by atoms with Crippen molar-refractivity contribution in [2.45, 2.75) is 6.92 Å². The molecular formula is C20H18N2O4S2. The van der Waals surface area contributed by atoms with Crippen molar-refractivity contribution in [2.24, 2.45) is 0 Å². The Morgan fingerprint density at radius 1 is 1.14 bits per heavy atom. The highest BCUT2D eigenvalue weighted by molar-refractivity contribution is 8.27. The van der Waals surface area contributed by atoms with Gasteiger partial charge in [-0.15, -0.1) is 0 Å². The number of carbonyl (C=O) groups excluding carboxylic acids is 2. The highest BCUT2D eigenvalue weighted by atomic mass is 32.2. The van der Waals surface area contributed by atoms with Crippen LogP contribution in [0.5, 0.6) is 11.5 Å². The van der Waals surface area contributed by atoms with Crippen LogP contribution in [0.15, 0.2) is 47.4 Å². The number of nitrogens with one attached hydrogen (secondary N) is 1. The fraction of sp³-hybridized carbons (Fsp3) is 0.150. The molecule has 2 amide bonds. The van der Waals surface area contributed by atoms with E-state index in [1.54, 1.807) is 56.7 Å². The highest BCUT2D eigenvalue weighted by Gasteiger charge is 2.33. The third-order valence-electron chi connectivity index (χ3n) is 3.97. The minimum Gasteiger partial charge on any atom is -0.497 e. The van der Waals surface area contributed by atoms with Crippen LogP contribution in [0.4, 0.5) is 11.4 Å². The maximum absolute atomic E-state index is 12.9. The first-order valence-electron chi connectivity index (χ1n) is 8.30. The number of amides is 2. The summed E-state index contributed by atoms with van der Waals surface area (Å²) in [5.41, 5.74) is 2.05. The fourth-order valence-electron chi connectivity index (χ4n) is 2.67. The topological polar surface area (TPSA) is 67.9 Å². The van der Waals surface area contributed by atoms with E-state index >= 15 is 0 Å². The monoisotopic (exact) mass is 414 g/mol. The number of rotatable bonds is 5. The third-order valence-corrected chi connectivity index (χ3v) is 5.27. The smallest absolute Gasteiger partial charge is 0.270 e. The zero-order valence-corrected chi connectivity index (χ0v) is 17.1. The maximum atomic E-state index is 12.9. The predicted octanol–water partition coefficient (Wildman–Crippen LogP) is 4.07. The van der Waals surface area contributed by atoms with Gasteiger partial charge in [-0.2, -0.15) is 0 Å². The number of benzene rings is 2. The normalized spacial score (nSPS) is 15.1. The summed E-state index contributed by atoms with van der Waals surface area (Å²) in [5, 5.41) is 2.69. The summed E-state index contributed by atoms with van der Waals surface area (Å²) in [6.07, 6.45) is 1.75. The van der Waals surface area contributed by atoms with Gasteiger partial charge in [-0.05, 0) is 42.5 Å². The zero-order chi connectivity index (χ0) is 20.3. The molecule has 144 valence electrons. The fourth-order valence-corrected chi connectivity index (χ4v) is 3.96. The number of thiocarbonyl (C=S) groups is 1. The second-order valence-electron chi connectivity index (χ2n) is 5.85. The minimum atomic E-state index is -0.208. The van der Waals surface area contributed by atoms with Crippen molar-refractivity contribution < 1.29 is 19.1 Å². The third kappa shape index (κ3) is 4.18. The summed E-state index contributed by atoms with van der Waals surface area (Å²) >= 11 is 6.63. The lowest BCUT2D eigenvalue weighted by Crippen LogP contribution is -2.27. The van der Waals surface area contributed by atoms with E-state index in [2.05, 4.69) is 5.32 Å². The second kappa shape index (κ2) is 8.45. The quantitative estimate of drug-likeness (QED) is 0.588. The first kappa shape index (κ1) is 19.9. The average Bonchev–Trinajstić information content (AvgIpc) is 2.95. The van der Waals surface area contributed by atoms with E-state index in [-0.39, 0.29) is 11.8 Å². The predicted molar refractivity (Wildman–Crippen MR) is 116 cm³/mol. The Morgan fingerprint density at radius 2 is 1.86 bits per heavy atom. The Morgan fingerprint density at radius 3 is 2.46 bits per heavy atom. The zero-order valence-electron chi connectivity index (χ0n) is 15.5. The molecule has 6 nitrogen and oxygen atoms in total. The standard InChI is InChI=1S/C20H18N2O4S2/c1-12(23)21-14-5-7-15(8-6-14)22-19(24)18(28-20(22)27)10-13-4-9-16(25-2)11-17(13)26-3/h4-11H,1-3H3,(H,21,23)/b18-10-. The van der Waals surface area contributed by atoms with E-state index in [4.69, 9.17) is 21.7 Å². The summed E-state index contributed by atoms with van der Waals surface area (Å²) in [6.45, 7) is 1.44. The van der Waals surface area contributed by atoms with Gasteiger partial charge in [-0.25, -0.2) is 0 Å². The number of carbonyl (C=O) groups is 2. The first-order chi connectivity index (χ1) is 13.4. The lowest BCUT2D eigenvalue weighted by molar-refractivity contribution is -0.114. The average molecular weight is 415 g/mol. The van der Waals surface area contributed by atoms with E-state index < -0.39 is 0 Å². The molecule has 0 atom stereocenters. The Kier molecular flexibility index (Phi) is 6.01. The van der Waals surface area contributed by atoms with E-state index in [1.807, 2.05) is 6.07 Å². The Labute approximate surface area is 172 Å². The van der Waals surface area contributed by atoms with E-state index in [0.29, 0.717) is 32.1 Å². The van der Waals surface area contributed by atoms with Crippen molar-refractivity contribution in [1.82, 2.24) is 0 Å². The van der Waals surface area contributed by atoms with Crippen LogP contribution in [-0.2, 0) is 9.59 Å². The SMILES string of the molecule is COc1ccc(/C=C2\SC(=S)N(c3ccc(NC(C)=O)cc3)C2=O)c(OC)c1. The lowest BCUT2D eigenvalue weighted by atomic mass is 10.1. The van der Waals surface area contributed by atoms with Gasteiger partial charge in [0.05, 0.1) is 24.8 Å². The van der Waals surface area contributed by atoms with Crippen LogP contribution in [0.25, 0.3) is 6.08 Å². The number of anilines is 2. The molecule has 0 spiro atoms. The molecule has 0 radical (unpaired) electrons. The Bertz CT molecular complexity index is 971. The number of thioether (sulfide) groups is 1. The number of methoxy groups -OCH3 is 2. The summed E-state index contributed by atoms with van der Waals surface area (Å²) in [4.78, 5) is 26.0. The molecule has 1 N–H and O–H groups in total. The van der Waals surface area contributed by atoms with E-state index in [1.165, 1.54) is 23.6 Å². The minimum absolute atomic E-state index is 0.158. The van der Waals surface area contributed by atoms with Crippen LogP contribution in [0.2, 0.25) is 0 Å². The first-order valence-corrected chi connectivity index (χ1v) is 9.53. The van der Waals surface area contributed by atoms with Gasteiger partial charge in [-0.1, -0.05) is 24.0 Å². The lowest BCUT2D eigenvalue weighted by Gasteiger charge is -2.15. The molecule has 1 fully saturated rings. The number of hydrogen-bond acceptors (Lipinski definition) is 6. The molecule has 2 aromatic rings. The second-order valence-corrected chi connectivity index (χ2v) is 7.53. The molecule has 1 aliphatic rings. The molecule has 1 saturated heterocycles. The molecule has 0 aliphatic carbocycles. The van der Waals surface area contributed by atoms with E-state index in [0.717, 1.165) is 5.56 Å². The molecule has 0 bridgehead atoms. The van der Waals surface area contributed by atoms with Gasteiger partial charge in [0.15, 0.2) is 4.32 Å². The summed E-state index contributed by atoms with van der Waals surface area (Å²) < 4.78 is 11.0. The van der Waals surface area contributed by atoms with Crippen molar-refractivity contribution in [3.8, 4) is 11.5 Å². The number of nitrogens with zero attached hydrogens (tertiary/aromatic N) is 1. The Hall–Kier alpha value is -2.84. The summed E-state index contributed by atoms with van der Waals surface area (Å²) in [5.74, 6) is 0.903. The van der Waals surface area contributed by atoms with Gasteiger partial charge < -0.3 is 14.8 Å². The van der Waals surface area contributed by atoms with Crippen molar-refractivity contribution in [3.05, 3.63) is 52.9 Å². The van der Waals surface area contributed by atoms with Crippen molar-refractivity contribution in [3.63, 3.8) is 0 Å². The van der Waals surface area contributed by atoms with Crippen LogP contribution in [0.1, 0.15) is 12.5 Å². The van der Waals surface area contributed by atoms with Crippen LogP contribution in [0.3, 0.4) is 0 Å². The maximum Gasteiger partial charge on any atom is 0.270 e. The van der Waals surface area contributed by atoms with Gasteiger partial charge in [0, 0.05) is 24.2 Å². The van der Waals surface area contributed by atoms with Gasteiger partial charge in [-0.3, -0.25) is 14.5 Å². The van der Waals surface area contributed by atoms with Crippen molar-refractivity contribution >= 4 is 57.6 Å². The van der Waals surface area contributed by atoms with Gasteiger partial charge >= 0.3 is 0 Å². The Balaban J connectivity index is 1.87. The summed E-state index contributed by atoms with van der Waals surface area (Å²) in [7, 11) is 3.14. The van der Waals surface area contributed by atoms with Gasteiger partial charge in [0.2, 0.25) is 5.91 Å². The molecule has 0 saturated carbocycles. The molecule has 2 aromatic carbocycles. The van der Waals surface area contributed by atoms with Crippen molar-refractivity contribution in [1.29, 1.82) is 0 Å². The van der Waals surface area contributed by atoms with Crippen LogP contribution >= 0.6 is 24.0 Å². The van der Waals surface area contributed by atoms with E-state index in [9.17, 15) is 9.59 Å². The van der Waals surface area contributed by atoms with Crippen LogP contribution < -0.4 is 19.7 Å². The van der Waals surface area contributed by atoms with Crippen LogP contribution in [0, 0.1) is 0 Å². The molecule has 1 heterocycles. The summed E-state index contributed by atoms with van der Waals surface area (Å²) in [6, 6.07) is 12.3. The molecule has 0 aromatic heterocycles. The molecule has 28 heavy (non-hydrogen) atoms. The van der Waals surface area contributed by atoms with Crippen LogP contribution in [-0.4, -0.2) is 30.4 Å². The number of ether oxygens (including phenoxy) is 2. The molecule has 3 rings (SSSR count). The van der Waals surface area contributed by atoms with Crippen molar-refractivity contribution in [2.75, 3.05) is 24.4 Å². The molecule has 0 unspecified atom stereocenters. The van der Waals surface area contributed by atoms with Gasteiger partial charge in [0.25, 0.3) is 5.91 Å². The van der Waals surface area contributed by atoms with Gasteiger partial charge in [0.1, 0.15) is 11.5 Å².